The normalized spacial score (nSPS) is 10.7. The lowest BCUT2D eigenvalue weighted by atomic mass is 10.2. The number of furan rings is 1. The van der Waals surface area contributed by atoms with Gasteiger partial charge in [0.25, 0.3) is 0 Å². The van der Waals surface area contributed by atoms with E-state index < -0.39 is 0 Å². The summed E-state index contributed by atoms with van der Waals surface area (Å²) in [4.78, 5) is 13.2. The Kier molecular flexibility index (Phi) is 2.69. The van der Waals surface area contributed by atoms with Crippen molar-refractivity contribution in [3.8, 4) is 0 Å². The summed E-state index contributed by atoms with van der Waals surface area (Å²) in [6, 6.07) is 7.78. The van der Waals surface area contributed by atoms with E-state index in [9.17, 15) is 4.79 Å². The fourth-order valence-corrected chi connectivity index (χ4v) is 1.92. The molecule has 0 N–H and O–H groups in total. The zero-order chi connectivity index (χ0) is 11.7. The minimum Gasteiger partial charge on any atom is -0.461 e. The highest BCUT2D eigenvalue weighted by atomic mass is 16.3. The zero-order valence-electron chi connectivity index (χ0n) is 9.78. The van der Waals surface area contributed by atoms with E-state index in [1.807, 2.05) is 38.1 Å². The highest BCUT2D eigenvalue weighted by molar-refractivity contribution is 5.94. The molecule has 1 aromatic heterocycles. The Hall–Kier alpha value is -1.77. The molecule has 3 nitrogen and oxygen atoms in total. The molecule has 3 heteroatoms. The van der Waals surface area contributed by atoms with Crippen LogP contribution in [-0.4, -0.2) is 12.5 Å². The third-order valence-electron chi connectivity index (χ3n) is 2.63. The third-order valence-corrected chi connectivity index (χ3v) is 2.63. The van der Waals surface area contributed by atoms with Crippen LogP contribution in [0.3, 0.4) is 0 Å². The molecule has 0 spiro atoms. The number of aryl methyl sites for hydroxylation is 1. The Morgan fingerprint density at radius 1 is 1.38 bits per heavy atom. The number of anilines is 1. The Morgan fingerprint density at radius 3 is 2.75 bits per heavy atom. The van der Waals surface area contributed by atoms with Crippen LogP contribution in [0.2, 0.25) is 0 Å². The van der Waals surface area contributed by atoms with Crippen molar-refractivity contribution < 1.29 is 9.21 Å². The second-order valence-corrected chi connectivity index (χ2v) is 3.84. The van der Waals surface area contributed by atoms with Gasteiger partial charge in [-0.2, -0.15) is 0 Å². The number of amides is 1. The van der Waals surface area contributed by atoms with E-state index in [-0.39, 0.29) is 5.91 Å². The standard InChI is InChI=1S/C13H15NO2/c1-4-14(10(3)15)12-5-6-13-11(8-12)7-9(2)16-13/h5-8H,4H2,1-3H3. The second kappa shape index (κ2) is 4.00. The molecule has 0 fully saturated rings. The first kappa shape index (κ1) is 10.7. The maximum Gasteiger partial charge on any atom is 0.223 e. The average Bonchev–Trinajstić information content (AvgIpc) is 2.57. The van der Waals surface area contributed by atoms with Gasteiger partial charge in [0.1, 0.15) is 11.3 Å². The summed E-state index contributed by atoms with van der Waals surface area (Å²) in [6.45, 7) is 6.14. The van der Waals surface area contributed by atoms with E-state index in [4.69, 9.17) is 4.42 Å². The number of carbonyl (C=O) groups is 1. The van der Waals surface area contributed by atoms with Crippen LogP contribution in [0.15, 0.2) is 28.7 Å². The molecule has 1 aromatic carbocycles. The number of fused-ring (bicyclic) bond motifs is 1. The van der Waals surface area contributed by atoms with Crippen molar-refractivity contribution in [3.63, 3.8) is 0 Å². The van der Waals surface area contributed by atoms with E-state index in [2.05, 4.69) is 0 Å². The lowest BCUT2D eigenvalue weighted by Crippen LogP contribution is -2.27. The van der Waals surface area contributed by atoms with Crippen LogP contribution in [0.1, 0.15) is 19.6 Å². The van der Waals surface area contributed by atoms with E-state index in [0.717, 1.165) is 22.4 Å². The molecule has 0 bridgehead atoms. The van der Waals surface area contributed by atoms with Crippen molar-refractivity contribution in [2.75, 3.05) is 11.4 Å². The van der Waals surface area contributed by atoms with Gasteiger partial charge in [0, 0.05) is 24.5 Å². The molecule has 0 saturated carbocycles. The monoisotopic (exact) mass is 217 g/mol. The first-order chi connectivity index (χ1) is 7.61. The second-order valence-electron chi connectivity index (χ2n) is 3.84. The van der Waals surface area contributed by atoms with E-state index >= 15 is 0 Å². The molecule has 0 unspecified atom stereocenters. The van der Waals surface area contributed by atoms with Gasteiger partial charge in [0.05, 0.1) is 0 Å². The Balaban J connectivity index is 2.48. The van der Waals surface area contributed by atoms with Gasteiger partial charge < -0.3 is 9.32 Å². The van der Waals surface area contributed by atoms with E-state index in [0.29, 0.717) is 6.54 Å². The summed E-state index contributed by atoms with van der Waals surface area (Å²) in [6.07, 6.45) is 0. The molecule has 0 atom stereocenters. The molecule has 2 aromatic rings. The maximum absolute atomic E-state index is 11.4. The van der Waals surface area contributed by atoms with E-state index in [1.54, 1.807) is 11.8 Å². The van der Waals surface area contributed by atoms with Crippen LogP contribution in [0.25, 0.3) is 11.0 Å². The number of carbonyl (C=O) groups excluding carboxylic acids is 1. The molecular formula is C13H15NO2. The molecule has 0 radical (unpaired) electrons. The van der Waals surface area contributed by atoms with Crippen molar-refractivity contribution in [1.29, 1.82) is 0 Å². The topological polar surface area (TPSA) is 33.5 Å². The van der Waals surface area contributed by atoms with Crippen LogP contribution in [0.5, 0.6) is 0 Å². The molecule has 2 rings (SSSR count). The summed E-state index contributed by atoms with van der Waals surface area (Å²) in [5.74, 6) is 0.945. The number of hydrogen-bond acceptors (Lipinski definition) is 2. The molecule has 84 valence electrons. The largest absolute Gasteiger partial charge is 0.461 e. The molecular weight excluding hydrogens is 202 g/mol. The lowest BCUT2D eigenvalue weighted by Gasteiger charge is -2.18. The van der Waals surface area contributed by atoms with Crippen molar-refractivity contribution >= 4 is 22.6 Å². The fraction of sp³-hybridized carbons (Fsp3) is 0.308. The van der Waals surface area contributed by atoms with Gasteiger partial charge in [-0.1, -0.05) is 0 Å². The predicted octanol–water partition coefficient (Wildman–Crippen LogP) is 3.11. The molecule has 1 amide bonds. The third kappa shape index (κ3) is 1.81. The number of rotatable bonds is 2. The van der Waals surface area contributed by atoms with Crippen molar-refractivity contribution in [3.05, 3.63) is 30.0 Å². The molecule has 0 aliphatic heterocycles. The van der Waals surface area contributed by atoms with Crippen molar-refractivity contribution in [2.45, 2.75) is 20.8 Å². The first-order valence-electron chi connectivity index (χ1n) is 5.40. The predicted molar refractivity (Wildman–Crippen MR) is 64.7 cm³/mol. The first-order valence-corrected chi connectivity index (χ1v) is 5.40. The number of nitrogens with zero attached hydrogens (tertiary/aromatic N) is 1. The minimum atomic E-state index is 0.0575. The lowest BCUT2D eigenvalue weighted by molar-refractivity contribution is -0.116. The summed E-state index contributed by atoms with van der Waals surface area (Å²) < 4.78 is 5.49. The summed E-state index contributed by atoms with van der Waals surface area (Å²) in [7, 11) is 0. The smallest absolute Gasteiger partial charge is 0.223 e. The minimum absolute atomic E-state index is 0.0575. The number of benzene rings is 1. The highest BCUT2D eigenvalue weighted by Crippen LogP contribution is 2.24. The van der Waals surface area contributed by atoms with Crippen LogP contribution < -0.4 is 4.90 Å². The SMILES string of the molecule is CCN(C(C)=O)c1ccc2oc(C)cc2c1. The van der Waals surface area contributed by atoms with Gasteiger partial charge in [-0.05, 0) is 38.1 Å². The quantitative estimate of drug-likeness (QED) is 0.774. The van der Waals surface area contributed by atoms with Gasteiger partial charge in [0.15, 0.2) is 0 Å². The molecule has 0 aliphatic carbocycles. The summed E-state index contributed by atoms with van der Waals surface area (Å²) in [5, 5.41) is 1.04. The zero-order valence-corrected chi connectivity index (χ0v) is 9.78. The maximum atomic E-state index is 11.4. The van der Waals surface area contributed by atoms with Crippen LogP contribution in [0, 0.1) is 6.92 Å². The molecule has 0 saturated heterocycles. The van der Waals surface area contributed by atoms with Crippen LogP contribution in [0.4, 0.5) is 5.69 Å². The summed E-state index contributed by atoms with van der Waals surface area (Å²) >= 11 is 0. The van der Waals surface area contributed by atoms with Crippen molar-refractivity contribution in [1.82, 2.24) is 0 Å². The number of hydrogen-bond donors (Lipinski definition) is 0. The van der Waals surface area contributed by atoms with Crippen molar-refractivity contribution in [2.24, 2.45) is 0 Å². The van der Waals surface area contributed by atoms with Gasteiger partial charge in [-0.3, -0.25) is 4.79 Å². The van der Waals surface area contributed by atoms with Gasteiger partial charge in [0.2, 0.25) is 5.91 Å². The van der Waals surface area contributed by atoms with Gasteiger partial charge in [-0.25, -0.2) is 0 Å². The molecule has 1 heterocycles. The molecule has 0 aliphatic rings. The average molecular weight is 217 g/mol. The van der Waals surface area contributed by atoms with Gasteiger partial charge >= 0.3 is 0 Å². The van der Waals surface area contributed by atoms with Crippen LogP contribution >= 0.6 is 0 Å². The fourth-order valence-electron chi connectivity index (χ4n) is 1.92. The Bertz CT molecular complexity index is 528. The van der Waals surface area contributed by atoms with Gasteiger partial charge in [-0.15, -0.1) is 0 Å². The Morgan fingerprint density at radius 2 is 2.12 bits per heavy atom. The van der Waals surface area contributed by atoms with E-state index in [1.165, 1.54) is 0 Å². The summed E-state index contributed by atoms with van der Waals surface area (Å²) in [5.41, 5.74) is 1.78. The van der Waals surface area contributed by atoms with Crippen LogP contribution in [-0.2, 0) is 4.79 Å². The Labute approximate surface area is 94.7 Å². The molecule has 16 heavy (non-hydrogen) atoms. The highest BCUT2D eigenvalue weighted by Gasteiger charge is 2.10.